The van der Waals surface area contributed by atoms with Crippen LogP contribution in [0.1, 0.15) is 16.2 Å². The first-order valence-electron chi connectivity index (χ1n) is 8.93. The first-order chi connectivity index (χ1) is 13.5. The van der Waals surface area contributed by atoms with Crippen LogP contribution in [-0.2, 0) is 11.2 Å². The molecule has 0 aliphatic carbocycles. The molecule has 0 spiro atoms. The number of likely N-dealkylation sites (N-methyl/N-ethyl adjacent to an activating group) is 2. The Kier molecular flexibility index (Phi) is 6.18. The van der Waals surface area contributed by atoms with E-state index in [9.17, 15) is 9.35 Å². The van der Waals surface area contributed by atoms with Crippen LogP contribution in [0, 0.1) is 6.92 Å². The highest BCUT2D eigenvalue weighted by Crippen LogP contribution is 2.31. The van der Waals surface area contributed by atoms with Gasteiger partial charge in [0.2, 0.25) is 16.4 Å². The Morgan fingerprint density at radius 3 is 2.64 bits per heavy atom. The summed E-state index contributed by atoms with van der Waals surface area (Å²) in [5.74, 6) is 0.287. The van der Waals surface area contributed by atoms with Crippen molar-refractivity contribution in [2.75, 3.05) is 39.5 Å². The third-order valence-electron chi connectivity index (χ3n) is 4.37. The number of benzene rings is 1. The SMILES string of the molecule is CNCCN(C)C(=O)c1cc(C)n2nc(NC)c([S+]([O-])c3ccccc3)c2n1. The molecule has 1 atom stereocenters. The van der Waals surface area contributed by atoms with Crippen LogP contribution < -0.4 is 10.6 Å². The smallest absolute Gasteiger partial charge is 0.272 e. The van der Waals surface area contributed by atoms with Crippen LogP contribution in [0.15, 0.2) is 46.2 Å². The molecule has 3 aromatic rings. The van der Waals surface area contributed by atoms with Crippen LogP contribution in [0.4, 0.5) is 5.82 Å². The molecule has 9 heteroatoms. The zero-order chi connectivity index (χ0) is 20.3. The molecule has 1 aromatic carbocycles. The number of hydrogen-bond donors (Lipinski definition) is 2. The van der Waals surface area contributed by atoms with Crippen LogP contribution in [0.2, 0.25) is 0 Å². The minimum atomic E-state index is -1.49. The summed E-state index contributed by atoms with van der Waals surface area (Å²) in [5.41, 5.74) is 1.46. The lowest BCUT2D eigenvalue weighted by molar-refractivity contribution is 0.0791. The van der Waals surface area contributed by atoms with Crippen LogP contribution in [0.25, 0.3) is 5.65 Å². The molecule has 1 amide bonds. The van der Waals surface area contributed by atoms with Crippen molar-refractivity contribution in [3.8, 4) is 0 Å². The number of amides is 1. The minimum Gasteiger partial charge on any atom is -0.606 e. The van der Waals surface area contributed by atoms with Crippen molar-refractivity contribution in [2.24, 2.45) is 0 Å². The lowest BCUT2D eigenvalue weighted by Gasteiger charge is -2.17. The maximum atomic E-state index is 13.2. The highest BCUT2D eigenvalue weighted by Gasteiger charge is 2.29. The first-order valence-corrected chi connectivity index (χ1v) is 10.1. The lowest BCUT2D eigenvalue weighted by Crippen LogP contribution is -2.33. The predicted octanol–water partition coefficient (Wildman–Crippen LogP) is 1.54. The van der Waals surface area contributed by atoms with Gasteiger partial charge in [-0.05, 0) is 32.2 Å². The van der Waals surface area contributed by atoms with E-state index in [1.807, 2.05) is 32.2 Å². The Morgan fingerprint density at radius 2 is 2.00 bits per heavy atom. The Balaban J connectivity index is 2.11. The number of fused-ring (bicyclic) bond motifs is 1. The number of anilines is 1. The zero-order valence-electron chi connectivity index (χ0n) is 16.4. The molecule has 0 fully saturated rings. The molecular formula is C19H24N6O2S. The zero-order valence-corrected chi connectivity index (χ0v) is 17.2. The number of aryl methyl sites for hydroxylation is 1. The van der Waals surface area contributed by atoms with Gasteiger partial charge in [0.05, 0.1) is 0 Å². The molecule has 148 valence electrons. The van der Waals surface area contributed by atoms with Gasteiger partial charge in [0, 0.05) is 44.1 Å². The van der Waals surface area contributed by atoms with Crippen molar-refractivity contribution in [1.82, 2.24) is 24.8 Å². The molecule has 2 heterocycles. The number of carbonyl (C=O) groups excluding carboxylic acids is 1. The van der Waals surface area contributed by atoms with E-state index in [0.29, 0.717) is 40.0 Å². The fraction of sp³-hybridized carbons (Fsp3) is 0.316. The van der Waals surface area contributed by atoms with Gasteiger partial charge >= 0.3 is 0 Å². The highest BCUT2D eigenvalue weighted by atomic mass is 32.2. The summed E-state index contributed by atoms with van der Waals surface area (Å²) >= 11 is -1.49. The van der Waals surface area contributed by atoms with Crippen LogP contribution >= 0.6 is 0 Å². The number of rotatable bonds is 7. The molecule has 0 aliphatic heterocycles. The van der Waals surface area contributed by atoms with Crippen molar-refractivity contribution in [1.29, 1.82) is 0 Å². The summed E-state index contributed by atoms with van der Waals surface area (Å²) in [5, 5.41) is 10.5. The number of hydrogen-bond acceptors (Lipinski definition) is 6. The molecule has 0 saturated carbocycles. The molecule has 1 unspecified atom stereocenters. The summed E-state index contributed by atoms with van der Waals surface area (Å²) in [7, 11) is 5.29. The normalized spacial score (nSPS) is 12.2. The molecule has 0 saturated heterocycles. The standard InChI is InChI=1S/C19H24N6O2S/c1-13-12-15(19(26)24(4)11-10-20-2)22-18-16(17(21-3)23-25(13)18)28(27)14-8-6-5-7-9-14/h5-9,12,20H,10-11H2,1-4H3,(H,21,23). The van der Waals surface area contributed by atoms with E-state index in [2.05, 4.69) is 20.7 Å². The quantitative estimate of drug-likeness (QED) is 0.584. The van der Waals surface area contributed by atoms with Crippen LogP contribution in [-0.4, -0.2) is 64.2 Å². The maximum Gasteiger partial charge on any atom is 0.272 e. The van der Waals surface area contributed by atoms with E-state index in [1.54, 1.807) is 41.7 Å². The summed E-state index contributed by atoms with van der Waals surface area (Å²) in [6, 6.07) is 10.8. The van der Waals surface area contributed by atoms with Crippen LogP contribution in [0.3, 0.4) is 0 Å². The maximum absolute atomic E-state index is 13.2. The van der Waals surface area contributed by atoms with Gasteiger partial charge in [-0.3, -0.25) is 4.79 Å². The van der Waals surface area contributed by atoms with E-state index in [-0.39, 0.29) is 5.91 Å². The largest absolute Gasteiger partial charge is 0.606 e. The number of aromatic nitrogens is 3. The Bertz CT molecular complexity index is 975. The number of nitrogens with zero attached hydrogens (tertiary/aromatic N) is 4. The third kappa shape index (κ3) is 3.82. The van der Waals surface area contributed by atoms with Gasteiger partial charge in [0.25, 0.3) is 5.91 Å². The average Bonchev–Trinajstić information content (AvgIpc) is 3.10. The molecule has 8 nitrogen and oxygen atoms in total. The second-order valence-corrected chi connectivity index (χ2v) is 7.78. The molecule has 28 heavy (non-hydrogen) atoms. The molecule has 0 bridgehead atoms. The Morgan fingerprint density at radius 1 is 1.29 bits per heavy atom. The lowest BCUT2D eigenvalue weighted by atomic mass is 10.3. The Hall–Kier alpha value is -2.62. The van der Waals surface area contributed by atoms with Gasteiger partial charge < -0.3 is 20.1 Å². The molecule has 0 aliphatic rings. The Labute approximate surface area is 167 Å². The van der Waals surface area contributed by atoms with Crippen molar-refractivity contribution in [3.63, 3.8) is 0 Å². The number of nitrogens with one attached hydrogen (secondary N) is 2. The van der Waals surface area contributed by atoms with Gasteiger partial charge in [-0.2, -0.15) is 0 Å². The second kappa shape index (κ2) is 8.59. The van der Waals surface area contributed by atoms with Crippen molar-refractivity contribution in [2.45, 2.75) is 16.7 Å². The van der Waals surface area contributed by atoms with Crippen molar-refractivity contribution >= 4 is 28.5 Å². The molecule has 2 N–H and O–H groups in total. The first kappa shape index (κ1) is 20.1. The van der Waals surface area contributed by atoms with Crippen molar-refractivity contribution < 1.29 is 9.35 Å². The van der Waals surface area contributed by atoms with Crippen LogP contribution in [0.5, 0.6) is 0 Å². The number of carbonyl (C=O) groups is 1. The van der Waals surface area contributed by atoms with E-state index in [1.165, 1.54) is 0 Å². The van der Waals surface area contributed by atoms with Gasteiger partial charge in [-0.25, -0.2) is 9.50 Å². The van der Waals surface area contributed by atoms with E-state index < -0.39 is 11.2 Å². The monoisotopic (exact) mass is 400 g/mol. The molecular weight excluding hydrogens is 376 g/mol. The highest BCUT2D eigenvalue weighted by molar-refractivity contribution is 7.91. The summed E-state index contributed by atoms with van der Waals surface area (Å²) in [6.07, 6.45) is 0. The van der Waals surface area contributed by atoms with Gasteiger partial charge in [0.1, 0.15) is 5.69 Å². The molecule has 2 aromatic heterocycles. The summed E-state index contributed by atoms with van der Waals surface area (Å²) < 4.78 is 14.9. The fourth-order valence-electron chi connectivity index (χ4n) is 2.83. The van der Waals surface area contributed by atoms with E-state index in [4.69, 9.17) is 0 Å². The average molecular weight is 401 g/mol. The van der Waals surface area contributed by atoms with Gasteiger partial charge in [0.15, 0.2) is 4.90 Å². The fourth-order valence-corrected chi connectivity index (χ4v) is 4.08. The predicted molar refractivity (Wildman–Crippen MR) is 109 cm³/mol. The third-order valence-corrected chi connectivity index (χ3v) is 5.81. The second-order valence-electron chi connectivity index (χ2n) is 6.36. The molecule has 0 radical (unpaired) electrons. The molecule has 3 rings (SSSR count). The van der Waals surface area contributed by atoms with E-state index >= 15 is 0 Å². The van der Waals surface area contributed by atoms with Crippen molar-refractivity contribution in [3.05, 3.63) is 47.8 Å². The van der Waals surface area contributed by atoms with Gasteiger partial charge in [-0.1, -0.05) is 18.2 Å². The van der Waals surface area contributed by atoms with E-state index in [0.717, 1.165) is 5.69 Å². The van der Waals surface area contributed by atoms with Gasteiger partial charge in [-0.15, -0.1) is 5.10 Å². The topological polar surface area (TPSA) is 97.6 Å². The minimum absolute atomic E-state index is 0.190. The summed E-state index contributed by atoms with van der Waals surface area (Å²) in [4.78, 5) is 20.0. The summed E-state index contributed by atoms with van der Waals surface area (Å²) in [6.45, 7) is 3.09.